The van der Waals surface area contributed by atoms with Gasteiger partial charge in [-0.3, -0.25) is 0 Å². The second-order valence-corrected chi connectivity index (χ2v) is 2.51. The molecule has 11 heavy (non-hydrogen) atoms. The van der Waals surface area contributed by atoms with Crippen molar-refractivity contribution in [1.29, 1.82) is 10.5 Å². The molecule has 0 amide bonds. The van der Waals surface area contributed by atoms with E-state index in [-0.39, 0.29) is 0 Å². The Morgan fingerprint density at radius 1 is 1.09 bits per heavy atom. The van der Waals surface area contributed by atoms with E-state index >= 15 is 0 Å². The van der Waals surface area contributed by atoms with Crippen molar-refractivity contribution in [2.45, 2.75) is 32.1 Å². The van der Waals surface area contributed by atoms with Gasteiger partial charge in [-0.15, -0.1) is 0 Å². The summed E-state index contributed by atoms with van der Waals surface area (Å²) in [6, 6.07) is 3.90. The summed E-state index contributed by atoms with van der Waals surface area (Å²) >= 11 is 0. The van der Waals surface area contributed by atoms with Crippen molar-refractivity contribution in [1.82, 2.24) is 0 Å². The topological polar surface area (TPSA) is 47.6 Å². The molecule has 2 heteroatoms. The van der Waals surface area contributed by atoms with Gasteiger partial charge in [-0.25, -0.2) is 0 Å². The quantitative estimate of drug-likeness (QED) is 0.563. The van der Waals surface area contributed by atoms with Crippen molar-refractivity contribution in [2.75, 3.05) is 0 Å². The molecule has 0 fully saturated rings. The zero-order valence-corrected chi connectivity index (χ0v) is 6.71. The van der Waals surface area contributed by atoms with Crippen LogP contribution in [0.2, 0.25) is 0 Å². The second-order valence-electron chi connectivity index (χ2n) is 2.51. The number of rotatable bonds is 5. The fraction of sp³-hybridized carbons (Fsp3) is 0.667. The summed E-state index contributed by atoms with van der Waals surface area (Å²) < 4.78 is 0. The largest absolute Gasteiger partial charge is 0.197 e. The van der Waals surface area contributed by atoms with Gasteiger partial charge >= 0.3 is 0 Å². The van der Waals surface area contributed by atoms with Gasteiger partial charge in [-0.05, 0) is 6.42 Å². The molecule has 0 unspecified atom stereocenters. The number of hydrogen-bond acceptors (Lipinski definition) is 2. The van der Waals surface area contributed by atoms with Crippen LogP contribution in [0, 0.1) is 35.5 Å². The number of hydrogen-bond donors (Lipinski definition) is 0. The summed E-state index contributed by atoms with van der Waals surface area (Å²) in [6.07, 6.45) is 4.82. The fourth-order valence-electron chi connectivity index (χ4n) is 0.860. The van der Waals surface area contributed by atoms with Gasteiger partial charge in [0, 0.05) is 0 Å². The minimum Gasteiger partial charge on any atom is -0.197 e. The van der Waals surface area contributed by atoms with Crippen molar-refractivity contribution >= 4 is 0 Å². The first kappa shape index (κ1) is 9.98. The van der Waals surface area contributed by atoms with Crippen molar-refractivity contribution < 1.29 is 0 Å². The Bertz CT molecular complexity index is 147. The lowest BCUT2D eigenvalue weighted by atomic mass is 10.0. The highest BCUT2D eigenvalue weighted by molar-refractivity contribution is 4.98. The average molecular weight is 149 g/mol. The highest BCUT2D eigenvalue weighted by Gasteiger charge is 2.02. The minimum atomic E-state index is -0.403. The van der Waals surface area contributed by atoms with Crippen LogP contribution in [0.5, 0.6) is 0 Å². The van der Waals surface area contributed by atoms with Gasteiger partial charge in [0.1, 0.15) is 5.92 Å². The minimum absolute atomic E-state index is 0.403. The Morgan fingerprint density at radius 3 is 2.18 bits per heavy atom. The predicted molar refractivity (Wildman–Crippen MR) is 43.2 cm³/mol. The van der Waals surface area contributed by atoms with Crippen molar-refractivity contribution in [3.8, 4) is 12.1 Å². The molecule has 0 aromatic carbocycles. The summed E-state index contributed by atoms with van der Waals surface area (Å²) in [6.45, 7) is 3.71. The first-order valence-electron chi connectivity index (χ1n) is 3.93. The van der Waals surface area contributed by atoms with Crippen LogP contribution in [0.3, 0.4) is 0 Å². The van der Waals surface area contributed by atoms with Gasteiger partial charge in [-0.2, -0.15) is 10.5 Å². The smallest absolute Gasteiger partial charge is 0.133 e. The third-order valence-electron chi connectivity index (χ3n) is 1.55. The Balaban J connectivity index is 3.25. The van der Waals surface area contributed by atoms with E-state index in [1.165, 1.54) is 0 Å². The number of unbranched alkanes of at least 4 members (excludes halogenated alkanes) is 3. The monoisotopic (exact) mass is 149 g/mol. The van der Waals surface area contributed by atoms with E-state index in [4.69, 9.17) is 10.5 Å². The van der Waals surface area contributed by atoms with Crippen LogP contribution >= 0.6 is 0 Å². The van der Waals surface area contributed by atoms with E-state index < -0.39 is 5.92 Å². The van der Waals surface area contributed by atoms with Crippen LogP contribution in [0.1, 0.15) is 32.1 Å². The van der Waals surface area contributed by atoms with Crippen LogP contribution in [0.25, 0.3) is 0 Å². The number of nitriles is 2. The van der Waals surface area contributed by atoms with Gasteiger partial charge < -0.3 is 0 Å². The molecule has 0 atom stereocenters. The molecule has 0 saturated carbocycles. The number of nitrogens with zero attached hydrogens (tertiary/aromatic N) is 2. The maximum Gasteiger partial charge on any atom is 0.133 e. The molecular weight excluding hydrogens is 136 g/mol. The molecule has 0 aliphatic heterocycles. The standard InChI is InChI=1S/C9H13N2/c1-2-3-4-5-6-9(7-10)8-11/h9H,1-6H2. The Labute approximate surface area is 68.4 Å². The van der Waals surface area contributed by atoms with Crippen molar-refractivity contribution in [3.63, 3.8) is 0 Å². The third-order valence-corrected chi connectivity index (χ3v) is 1.55. The molecule has 0 N–H and O–H groups in total. The lowest BCUT2D eigenvalue weighted by molar-refractivity contribution is 0.609. The van der Waals surface area contributed by atoms with E-state index in [0.717, 1.165) is 25.7 Å². The molecule has 59 valence electrons. The van der Waals surface area contributed by atoms with Gasteiger partial charge in [0.2, 0.25) is 0 Å². The van der Waals surface area contributed by atoms with Crippen LogP contribution in [0.4, 0.5) is 0 Å². The van der Waals surface area contributed by atoms with Crippen LogP contribution < -0.4 is 0 Å². The summed E-state index contributed by atoms with van der Waals surface area (Å²) in [5.74, 6) is -0.403. The molecular formula is C9H13N2. The molecule has 0 saturated heterocycles. The Morgan fingerprint density at radius 2 is 1.73 bits per heavy atom. The predicted octanol–water partition coefficient (Wildman–Crippen LogP) is 2.43. The highest BCUT2D eigenvalue weighted by Crippen LogP contribution is 2.08. The zero-order chi connectivity index (χ0) is 8.53. The van der Waals surface area contributed by atoms with Gasteiger partial charge in [-0.1, -0.05) is 32.6 Å². The fourth-order valence-corrected chi connectivity index (χ4v) is 0.860. The van der Waals surface area contributed by atoms with E-state index in [1.807, 2.05) is 12.1 Å². The second kappa shape index (κ2) is 7.09. The maximum atomic E-state index is 8.40. The molecule has 1 radical (unpaired) electrons. The SMILES string of the molecule is [CH2]CCCCCC(C#N)C#N. The van der Waals surface area contributed by atoms with E-state index in [0.29, 0.717) is 6.42 Å². The third kappa shape index (κ3) is 5.43. The lowest BCUT2D eigenvalue weighted by Crippen LogP contribution is -1.91. The van der Waals surface area contributed by atoms with Gasteiger partial charge in [0.05, 0.1) is 12.1 Å². The molecule has 0 spiro atoms. The molecule has 0 aliphatic carbocycles. The first-order valence-corrected chi connectivity index (χ1v) is 3.93. The molecule has 0 aromatic heterocycles. The van der Waals surface area contributed by atoms with Gasteiger partial charge in [0.15, 0.2) is 0 Å². The summed E-state index contributed by atoms with van der Waals surface area (Å²) in [5, 5.41) is 16.8. The molecule has 0 aromatic rings. The molecule has 0 bridgehead atoms. The van der Waals surface area contributed by atoms with Crippen LogP contribution in [-0.2, 0) is 0 Å². The van der Waals surface area contributed by atoms with Gasteiger partial charge in [0.25, 0.3) is 0 Å². The van der Waals surface area contributed by atoms with Crippen molar-refractivity contribution in [3.05, 3.63) is 6.92 Å². The van der Waals surface area contributed by atoms with E-state index in [9.17, 15) is 0 Å². The zero-order valence-electron chi connectivity index (χ0n) is 6.71. The summed E-state index contributed by atoms with van der Waals surface area (Å²) in [5.41, 5.74) is 0. The molecule has 0 heterocycles. The van der Waals surface area contributed by atoms with Crippen LogP contribution in [-0.4, -0.2) is 0 Å². The molecule has 2 nitrogen and oxygen atoms in total. The Kier molecular flexibility index (Phi) is 6.43. The molecule has 0 rings (SSSR count). The highest BCUT2D eigenvalue weighted by atomic mass is 14.3. The first-order chi connectivity index (χ1) is 5.35. The average Bonchev–Trinajstić information content (AvgIpc) is 2.05. The van der Waals surface area contributed by atoms with Crippen LogP contribution in [0.15, 0.2) is 0 Å². The molecule has 0 aliphatic rings. The lowest BCUT2D eigenvalue weighted by Gasteiger charge is -1.97. The summed E-state index contributed by atoms with van der Waals surface area (Å²) in [4.78, 5) is 0. The van der Waals surface area contributed by atoms with E-state index in [1.54, 1.807) is 0 Å². The normalized spacial score (nSPS) is 9.09. The Hall–Kier alpha value is -1.02. The van der Waals surface area contributed by atoms with Crippen molar-refractivity contribution in [2.24, 2.45) is 5.92 Å². The summed E-state index contributed by atoms with van der Waals surface area (Å²) in [7, 11) is 0. The van der Waals surface area contributed by atoms with E-state index in [2.05, 4.69) is 6.92 Å². The maximum absolute atomic E-state index is 8.40.